The fourth-order valence-corrected chi connectivity index (χ4v) is 3.00. The maximum absolute atomic E-state index is 12.1. The van der Waals surface area contributed by atoms with Crippen molar-refractivity contribution in [1.29, 1.82) is 0 Å². The minimum atomic E-state index is -0.568. The van der Waals surface area contributed by atoms with E-state index in [-0.39, 0.29) is 22.5 Å². The molecule has 110 valence electrons. The van der Waals surface area contributed by atoms with Crippen molar-refractivity contribution in [3.05, 3.63) is 35.4 Å². The second-order valence-corrected chi connectivity index (χ2v) is 6.13. The number of hydrogen-bond donors (Lipinski definition) is 0. The Morgan fingerprint density at radius 2 is 1.76 bits per heavy atom. The fraction of sp³-hybridized carbons (Fsp3) is 0.438. The van der Waals surface area contributed by atoms with E-state index in [9.17, 15) is 14.4 Å². The summed E-state index contributed by atoms with van der Waals surface area (Å²) in [6.07, 6.45) is 2.49. The summed E-state index contributed by atoms with van der Waals surface area (Å²) >= 11 is 0. The topological polar surface area (TPSA) is 63.7 Å². The largest absolute Gasteiger partial charge is 0.336 e. The Morgan fingerprint density at radius 3 is 2.24 bits per heavy atom. The number of hydrogen-bond acceptors (Lipinski definition) is 4. The predicted molar refractivity (Wildman–Crippen MR) is 74.2 cm³/mol. The van der Waals surface area contributed by atoms with E-state index < -0.39 is 17.8 Å². The van der Waals surface area contributed by atoms with Gasteiger partial charge in [-0.2, -0.15) is 0 Å². The average Bonchev–Trinajstić information content (AvgIpc) is 2.69. The van der Waals surface area contributed by atoms with Crippen LogP contribution in [0.2, 0.25) is 0 Å². The molecule has 3 rings (SSSR count). The van der Waals surface area contributed by atoms with E-state index in [1.54, 1.807) is 24.3 Å². The van der Waals surface area contributed by atoms with Gasteiger partial charge >= 0.3 is 5.97 Å². The molecule has 1 fully saturated rings. The van der Waals surface area contributed by atoms with E-state index >= 15 is 0 Å². The van der Waals surface area contributed by atoms with Gasteiger partial charge in [0, 0.05) is 0 Å². The van der Waals surface area contributed by atoms with Crippen LogP contribution in [0.25, 0.3) is 0 Å². The van der Waals surface area contributed by atoms with Crippen LogP contribution in [0.4, 0.5) is 0 Å². The molecule has 1 saturated carbocycles. The summed E-state index contributed by atoms with van der Waals surface area (Å²) in [5, 5.41) is 0.592. The quantitative estimate of drug-likeness (QED) is 0.801. The first kappa shape index (κ1) is 13.8. The zero-order valence-corrected chi connectivity index (χ0v) is 12.1. The Bertz CT molecular complexity index is 596. The zero-order chi connectivity index (χ0) is 15.2. The van der Waals surface area contributed by atoms with Crippen molar-refractivity contribution in [2.75, 3.05) is 0 Å². The number of imide groups is 1. The van der Waals surface area contributed by atoms with Crippen LogP contribution in [0, 0.1) is 11.3 Å². The number of benzene rings is 1. The normalized spacial score (nSPS) is 27.3. The molecule has 0 radical (unpaired) electrons. The molecule has 1 aromatic rings. The number of carbonyl (C=O) groups is 3. The van der Waals surface area contributed by atoms with Crippen molar-refractivity contribution < 1.29 is 19.2 Å². The van der Waals surface area contributed by atoms with Gasteiger partial charge in [0.15, 0.2) is 0 Å². The van der Waals surface area contributed by atoms with Gasteiger partial charge in [0.1, 0.15) is 0 Å². The molecule has 0 N–H and O–H groups in total. The van der Waals surface area contributed by atoms with Crippen LogP contribution in [-0.4, -0.2) is 22.8 Å². The summed E-state index contributed by atoms with van der Waals surface area (Å²) in [6.45, 7) is 4.21. The van der Waals surface area contributed by atoms with E-state index in [1.165, 1.54) is 0 Å². The molecule has 2 amide bonds. The SMILES string of the molecule is CCC1(C)CC(C(=O)ON2C(=O)c3ccccc3C2=O)C1. The molecule has 0 atom stereocenters. The van der Waals surface area contributed by atoms with Crippen LogP contribution in [-0.2, 0) is 9.63 Å². The van der Waals surface area contributed by atoms with E-state index in [0.29, 0.717) is 5.06 Å². The van der Waals surface area contributed by atoms with E-state index in [0.717, 1.165) is 19.3 Å². The highest BCUT2D eigenvalue weighted by molar-refractivity contribution is 6.20. The first-order valence-electron chi connectivity index (χ1n) is 7.15. The highest BCUT2D eigenvalue weighted by atomic mass is 16.7. The summed E-state index contributed by atoms with van der Waals surface area (Å²) in [4.78, 5) is 41.3. The fourth-order valence-electron chi connectivity index (χ4n) is 3.00. The van der Waals surface area contributed by atoms with Crippen molar-refractivity contribution in [1.82, 2.24) is 5.06 Å². The summed E-state index contributed by atoms with van der Waals surface area (Å²) in [5.74, 6) is -1.85. The third-order valence-electron chi connectivity index (χ3n) is 4.60. The minimum absolute atomic E-state index is 0.172. The Hall–Kier alpha value is -2.17. The molecule has 5 nitrogen and oxygen atoms in total. The van der Waals surface area contributed by atoms with E-state index in [1.807, 2.05) is 0 Å². The number of nitrogens with zero attached hydrogens (tertiary/aromatic N) is 1. The molecule has 0 spiro atoms. The van der Waals surface area contributed by atoms with Crippen LogP contribution in [0.5, 0.6) is 0 Å². The van der Waals surface area contributed by atoms with Crippen LogP contribution < -0.4 is 0 Å². The third kappa shape index (κ3) is 2.13. The molecule has 1 heterocycles. The lowest BCUT2D eigenvalue weighted by Crippen LogP contribution is -2.43. The Kier molecular flexibility index (Phi) is 3.08. The maximum Gasteiger partial charge on any atom is 0.336 e. The highest BCUT2D eigenvalue weighted by Gasteiger charge is 2.46. The Morgan fingerprint density at radius 1 is 1.24 bits per heavy atom. The van der Waals surface area contributed by atoms with Crippen LogP contribution >= 0.6 is 0 Å². The molecule has 2 aliphatic rings. The van der Waals surface area contributed by atoms with Gasteiger partial charge in [0.25, 0.3) is 11.8 Å². The molecular formula is C16H17NO4. The standard InChI is InChI=1S/C16H17NO4/c1-3-16(2)8-10(9-16)15(20)21-17-13(18)11-6-4-5-7-12(11)14(17)19/h4-7,10H,3,8-9H2,1-2H3. The van der Waals surface area contributed by atoms with Crippen LogP contribution in [0.3, 0.4) is 0 Å². The van der Waals surface area contributed by atoms with Gasteiger partial charge < -0.3 is 4.84 Å². The van der Waals surface area contributed by atoms with Gasteiger partial charge in [-0.05, 0) is 30.4 Å². The number of fused-ring (bicyclic) bond motifs is 1. The molecule has 0 unspecified atom stereocenters. The number of rotatable bonds is 3. The summed E-state index contributed by atoms with van der Waals surface area (Å²) in [5.41, 5.74) is 0.732. The lowest BCUT2D eigenvalue weighted by Gasteiger charge is -2.43. The van der Waals surface area contributed by atoms with Gasteiger partial charge in [-0.1, -0.05) is 37.5 Å². The van der Waals surface area contributed by atoms with Gasteiger partial charge in [0.05, 0.1) is 17.0 Å². The third-order valence-corrected chi connectivity index (χ3v) is 4.60. The minimum Gasteiger partial charge on any atom is -0.329 e. The maximum atomic E-state index is 12.1. The molecule has 0 bridgehead atoms. The second-order valence-electron chi connectivity index (χ2n) is 6.13. The summed E-state index contributed by atoms with van der Waals surface area (Å²) in [6, 6.07) is 6.46. The van der Waals surface area contributed by atoms with Crippen LogP contribution in [0.15, 0.2) is 24.3 Å². The van der Waals surface area contributed by atoms with Crippen molar-refractivity contribution in [3.63, 3.8) is 0 Å². The van der Waals surface area contributed by atoms with Crippen LogP contribution in [0.1, 0.15) is 53.8 Å². The highest BCUT2D eigenvalue weighted by Crippen LogP contribution is 2.48. The molecular weight excluding hydrogens is 270 g/mol. The van der Waals surface area contributed by atoms with E-state index in [2.05, 4.69) is 13.8 Å². The van der Waals surface area contributed by atoms with Crippen molar-refractivity contribution in [3.8, 4) is 0 Å². The Balaban J connectivity index is 1.69. The molecule has 5 heteroatoms. The smallest absolute Gasteiger partial charge is 0.329 e. The molecule has 0 saturated heterocycles. The molecule has 1 aliphatic heterocycles. The molecule has 0 aromatic heterocycles. The number of carbonyl (C=O) groups excluding carboxylic acids is 3. The van der Waals surface area contributed by atoms with Gasteiger partial charge in [0.2, 0.25) is 0 Å². The molecule has 1 aliphatic carbocycles. The lowest BCUT2D eigenvalue weighted by molar-refractivity contribution is -0.181. The molecule has 1 aromatic carbocycles. The summed E-state index contributed by atoms with van der Waals surface area (Å²) < 4.78 is 0. The number of amides is 2. The van der Waals surface area contributed by atoms with Gasteiger partial charge in [-0.3, -0.25) is 9.59 Å². The first-order chi connectivity index (χ1) is 9.95. The summed E-state index contributed by atoms with van der Waals surface area (Å²) in [7, 11) is 0. The van der Waals surface area contributed by atoms with Crippen molar-refractivity contribution >= 4 is 17.8 Å². The molecule has 21 heavy (non-hydrogen) atoms. The van der Waals surface area contributed by atoms with Gasteiger partial charge in [-0.15, -0.1) is 0 Å². The van der Waals surface area contributed by atoms with Crippen molar-refractivity contribution in [2.24, 2.45) is 11.3 Å². The van der Waals surface area contributed by atoms with Gasteiger partial charge in [-0.25, -0.2) is 4.79 Å². The monoisotopic (exact) mass is 287 g/mol. The lowest BCUT2D eigenvalue weighted by atomic mass is 9.62. The second kappa shape index (κ2) is 4.69. The average molecular weight is 287 g/mol. The zero-order valence-electron chi connectivity index (χ0n) is 12.1. The predicted octanol–water partition coefficient (Wildman–Crippen LogP) is 2.57. The van der Waals surface area contributed by atoms with Crippen molar-refractivity contribution in [2.45, 2.75) is 33.1 Å². The number of hydroxylamine groups is 2. The first-order valence-corrected chi connectivity index (χ1v) is 7.15. The Labute approximate surface area is 122 Å². The van der Waals surface area contributed by atoms with E-state index in [4.69, 9.17) is 4.84 Å².